The molecule has 156 valence electrons. The van der Waals surface area contributed by atoms with Crippen molar-refractivity contribution in [2.75, 3.05) is 6.73 Å². The maximum absolute atomic E-state index is 13.2. The zero-order chi connectivity index (χ0) is 21.5. The van der Waals surface area contributed by atoms with Crippen molar-refractivity contribution < 1.29 is 18.7 Å². The van der Waals surface area contributed by atoms with Crippen LogP contribution < -0.4 is 9.47 Å². The van der Waals surface area contributed by atoms with Gasteiger partial charge in [-0.25, -0.2) is 4.39 Å². The lowest BCUT2D eigenvalue weighted by atomic mass is 10.00. The fraction of sp³-hybridized carbons (Fsp3) is 0.160. The van der Waals surface area contributed by atoms with Crippen molar-refractivity contribution in [1.82, 2.24) is 4.90 Å². The normalized spacial score (nSPS) is 16.6. The molecule has 3 aromatic carbocycles. The average Bonchev–Trinajstić information content (AvgIpc) is 3.07. The fourth-order valence-corrected chi connectivity index (χ4v) is 4.08. The molecule has 0 aromatic heterocycles. The van der Waals surface area contributed by atoms with Crippen molar-refractivity contribution in [2.24, 2.45) is 0 Å². The number of benzene rings is 3. The third-order valence-corrected chi connectivity index (χ3v) is 5.74. The number of hydrogen-bond acceptors (Lipinski definition) is 4. The molecule has 6 heteroatoms. The SMILES string of the molecule is Cc1c2c(cc3c1O/C(=C\c1ccc(Cl)cc1)C3=O)CN(Cc1ccc(F)cc1)CO2. The van der Waals surface area contributed by atoms with Gasteiger partial charge >= 0.3 is 0 Å². The van der Waals surface area contributed by atoms with E-state index >= 15 is 0 Å². The Morgan fingerprint density at radius 2 is 1.84 bits per heavy atom. The summed E-state index contributed by atoms with van der Waals surface area (Å²) in [6, 6.07) is 15.5. The smallest absolute Gasteiger partial charge is 0.231 e. The molecule has 0 radical (unpaired) electrons. The molecule has 31 heavy (non-hydrogen) atoms. The fourth-order valence-electron chi connectivity index (χ4n) is 3.96. The molecule has 3 aromatic rings. The van der Waals surface area contributed by atoms with Crippen molar-refractivity contribution in [3.8, 4) is 11.5 Å². The van der Waals surface area contributed by atoms with E-state index in [4.69, 9.17) is 21.1 Å². The van der Waals surface area contributed by atoms with Crippen LogP contribution in [0, 0.1) is 12.7 Å². The first kappa shape index (κ1) is 19.8. The van der Waals surface area contributed by atoms with E-state index in [2.05, 4.69) is 4.90 Å². The monoisotopic (exact) mass is 435 g/mol. The van der Waals surface area contributed by atoms with Gasteiger partial charge in [-0.2, -0.15) is 0 Å². The number of nitrogens with zero attached hydrogens (tertiary/aromatic N) is 1. The highest BCUT2D eigenvalue weighted by molar-refractivity contribution is 6.30. The number of ketones is 1. The molecular formula is C25H19ClFNO3. The van der Waals surface area contributed by atoms with E-state index in [-0.39, 0.29) is 17.4 Å². The van der Waals surface area contributed by atoms with Crippen molar-refractivity contribution in [2.45, 2.75) is 20.0 Å². The number of ether oxygens (including phenoxy) is 2. The molecule has 0 spiro atoms. The molecule has 2 aliphatic rings. The minimum atomic E-state index is -0.254. The number of halogens is 2. The maximum atomic E-state index is 13.2. The van der Waals surface area contributed by atoms with Crippen LogP contribution in [0.3, 0.4) is 0 Å². The number of carbonyl (C=O) groups is 1. The number of fused-ring (bicyclic) bond motifs is 2. The molecule has 0 saturated carbocycles. The Hall–Kier alpha value is -3.15. The van der Waals surface area contributed by atoms with Crippen molar-refractivity contribution in [3.63, 3.8) is 0 Å². The Kier molecular flexibility index (Phi) is 5.00. The molecule has 0 atom stereocenters. The highest BCUT2D eigenvalue weighted by Crippen LogP contribution is 2.43. The summed E-state index contributed by atoms with van der Waals surface area (Å²) < 4.78 is 25.1. The minimum Gasteiger partial charge on any atom is -0.477 e. The van der Waals surface area contributed by atoms with Crippen LogP contribution in [0.5, 0.6) is 11.5 Å². The number of Topliss-reactive ketones (excluding diaryl/α,β-unsaturated/α-hetero) is 1. The molecule has 2 heterocycles. The Morgan fingerprint density at radius 3 is 2.58 bits per heavy atom. The lowest BCUT2D eigenvalue weighted by Crippen LogP contribution is -2.32. The van der Waals surface area contributed by atoms with E-state index in [0.717, 1.165) is 28.0 Å². The third kappa shape index (κ3) is 3.82. The van der Waals surface area contributed by atoms with Gasteiger partial charge in [0, 0.05) is 29.2 Å². The second-order valence-corrected chi connectivity index (χ2v) is 8.18. The Labute approximate surface area is 184 Å². The second-order valence-electron chi connectivity index (χ2n) is 7.74. The predicted molar refractivity (Wildman–Crippen MR) is 117 cm³/mol. The van der Waals surface area contributed by atoms with E-state index in [1.165, 1.54) is 12.1 Å². The third-order valence-electron chi connectivity index (χ3n) is 5.49. The summed E-state index contributed by atoms with van der Waals surface area (Å²) in [5.74, 6) is 1.19. The van der Waals surface area contributed by atoms with Crippen molar-refractivity contribution >= 4 is 23.5 Å². The van der Waals surface area contributed by atoms with E-state index in [1.54, 1.807) is 30.3 Å². The van der Waals surface area contributed by atoms with Crippen molar-refractivity contribution in [3.05, 3.63) is 99.0 Å². The van der Waals surface area contributed by atoms with Crippen LogP contribution in [0.2, 0.25) is 5.02 Å². The van der Waals surface area contributed by atoms with Gasteiger partial charge in [-0.15, -0.1) is 0 Å². The molecule has 0 saturated heterocycles. The van der Waals surface area contributed by atoms with Crippen molar-refractivity contribution in [1.29, 1.82) is 0 Å². The first-order chi connectivity index (χ1) is 15.0. The zero-order valence-corrected chi connectivity index (χ0v) is 17.6. The average molecular weight is 436 g/mol. The van der Waals surface area contributed by atoms with E-state index in [9.17, 15) is 9.18 Å². The summed E-state index contributed by atoms with van der Waals surface area (Å²) in [7, 11) is 0. The number of allylic oxidation sites excluding steroid dienone is 1. The van der Waals surface area contributed by atoms with Gasteiger partial charge in [0.15, 0.2) is 5.76 Å². The maximum Gasteiger partial charge on any atom is 0.231 e. The quantitative estimate of drug-likeness (QED) is 0.490. The Bertz CT molecular complexity index is 1200. The van der Waals surface area contributed by atoms with E-state index in [1.807, 2.05) is 25.1 Å². The molecule has 0 unspecified atom stereocenters. The van der Waals surface area contributed by atoms with Gasteiger partial charge in [-0.1, -0.05) is 35.9 Å². The lowest BCUT2D eigenvalue weighted by molar-refractivity contribution is 0.0876. The van der Waals surface area contributed by atoms with Crippen LogP contribution in [0.15, 0.2) is 60.4 Å². The summed E-state index contributed by atoms with van der Waals surface area (Å²) in [6.07, 6.45) is 1.72. The van der Waals surface area contributed by atoms with Gasteiger partial charge < -0.3 is 9.47 Å². The molecule has 2 aliphatic heterocycles. The highest BCUT2D eigenvalue weighted by Gasteiger charge is 2.33. The molecular weight excluding hydrogens is 417 g/mol. The number of carbonyl (C=O) groups excluding carboxylic acids is 1. The topological polar surface area (TPSA) is 38.8 Å². The number of hydrogen-bond donors (Lipinski definition) is 0. The van der Waals surface area contributed by atoms with Crippen LogP contribution >= 0.6 is 11.6 Å². The summed E-state index contributed by atoms with van der Waals surface area (Å²) in [6.45, 7) is 3.57. The van der Waals surface area contributed by atoms with E-state index < -0.39 is 0 Å². The van der Waals surface area contributed by atoms with Crippen LogP contribution in [-0.4, -0.2) is 17.4 Å². The van der Waals surface area contributed by atoms with Crippen LogP contribution in [-0.2, 0) is 13.1 Å². The Balaban J connectivity index is 1.41. The molecule has 0 N–H and O–H groups in total. The first-order valence-electron chi connectivity index (χ1n) is 9.94. The summed E-state index contributed by atoms with van der Waals surface area (Å²) in [4.78, 5) is 15.1. The lowest BCUT2D eigenvalue weighted by Gasteiger charge is -2.30. The summed E-state index contributed by atoms with van der Waals surface area (Å²) in [5.41, 5.74) is 4.14. The van der Waals surface area contributed by atoms with Gasteiger partial charge in [-0.05, 0) is 54.5 Å². The standard InChI is InChI=1S/C25H19ClFNO3/c1-15-24-18(13-28(14-30-24)12-17-4-8-20(27)9-5-17)11-21-23(29)22(31-25(15)21)10-16-2-6-19(26)7-3-16/h2-11H,12-14H2,1H3/b22-10-. The zero-order valence-electron chi connectivity index (χ0n) is 16.8. The van der Waals surface area contributed by atoms with Gasteiger partial charge in [0.1, 0.15) is 24.0 Å². The molecule has 0 fully saturated rings. The Morgan fingerprint density at radius 1 is 1.10 bits per heavy atom. The second kappa shape index (κ2) is 7.84. The van der Waals surface area contributed by atoms with Crippen LogP contribution in [0.4, 0.5) is 4.39 Å². The van der Waals surface area contributed by atoms with Gasteiger partial charge in [0.05, 0.1) is 5.56 Å². The molecule has 4 nitrogen and oxygen atoms in total. The minimum absolute atomic E-state index is 0.147. The molecule has 0 amide bonds. The first-order valence-corrected chi connectivity index (χ1v) is 10.3. The van der Waals surface area contributed by atoms with Gasteiger partial charge in [0.2, 0.25) is 5.78 Å². The summed E-state index contributed by atoms with van der Waals surface area (Å²) in [5, 5.41) is 0.634. The summed E-state index contributed by atoms with van der Waals surface area (Å²) >= 11 is 5.94. The largest absolute Gasteiger partial charge is 0.477 e. The van der Waals surface area contributed by atoms with Crippen LogP contribution in [0.1, 0.15) is 32.6 Å². The number of rotatable bonds is 3. The van der Waals surface area contributed by atoms with Gasteiger partial charge in [0.25, 0.3) is 0 Å². The predicted octanol–water partition coefficient (Wildman–Crippen LogP) is 5.76. The van der Waals surface area contributed by atoms with E-state index in [0.29, 0.717) is 36.2 Å². The molecule has 0 aliphatic carbocycles. The van der Waals surface area contributed by atoms with Crippen LogP contribution in [0.25, 0.3) is 6.08 Å². The highest BCUT2D eigenvalue weighted by atomic mass is 35.5. The molecule has 0 bridgehead atoms. The van der Waals surface area contributed by atoms with Gasteiger partial charge in [-0.3, -0.25) is 9.69 Å². The molecule has 5 rings (SSSR count).